The van der Waals surface area contributed by atoms with E-state index in [4.69, 9.17) is 9.47 Å². The Labute approximate surface area is 288 Å². The number of carbonyl (C=O) groups excluding carboxylic acids is 1. The number of aliphatic hydroxyl groups excluding tert-OH is 7. The normalized spacial score (nSPS) is 24.4. The first-order valence-electron chi connectivity index (χ1n) is 18.4. The van der Waals surface area contributed by atoms with Crippen LogP contribution >= 0.6 is 0 Å². The van der Waals surface area contributed by atoms with Gasteiger partial charge in [0.2, 0.25) is 5.91 Å². The number of amides is 1. The minimum absolute atomic E-state index is 0.164. The van der Waals surface area contributed by atoms with E-state index in [-0.39, 0.29) is 12.8 Å². The molecule has 0 saturated carbocycles. The number of rotatable bonds is 28. The average molecular weight is 686 g/mol. The molecule has 1 amide bonds. The molecule has 0 aromatic rings. The standard InChI is InChI=1S/C37H67NO10/c1-3-5-7-9-11-13-14-15-16-17-19-20-22-24-29(40)32(42)28(27-47-37-35(45)34(44)33(43)31(26-39)48-37)38-36(46)30(41)25-23-21-18-12-10-8-6-4-2/h13-14,17-19,21,28-35,37,39-45H,3-12,15-16,20,22-27H2,1-2H3,(H,38,46)/b14-13+,19-17+,21-18-. The maximum Gasteiger partial charge on any atom is 0.249 e. The molecule has 0 aliphatic carbocycles. The van der Waals surface area contributed by atoms with Gasteiger partial charge in [-0.1, -0.05) is 88.8 Å². The molecule has 8 N–H and O–H groups in total. The monoisotopic (exact) mass is 685 g/mol. The fraction of sp³-hybridized carbons (Fsp3) is 0.811. The lowest BCUT2D eigenvalue weighted by Gasteiger charge is -2.40. The van der Waals surface area contributed by atoms with Gasteiger partial charge in [-0.25, -0.2) is 0 Å². The zero-order valence-corrected chi connectivity index (χ0v) is 29.5. The third-order valence-corrected chi connectivity index (χ3v) is 8.65. The molecule has 1 heterocycles. The molecule has 9 atom stereocenters. The van der Waals surface area contributed by atoms with E-state index < -0.39 is 74.2 Å². The summed E-state index contributed by atoms with van der Waals surface area (Å²) in [6.45, 7) is 3.27. The maximum absolute atomic E-state index is 12.9. The van der Waals surface area contributed by atoms with E-state index in [9.17, 15) is 40.5 Å². The van der Waals surface area contributed by atoms with Crippen LogP contribution in [-0.2, 0) is 14.3 Å². The summed E-state index contributed by atoms with van der Waals surface area (Å²) in [5, 5.41) is 74.8. The van der Waals surface area contributed by atoms with E-state index in [1.54, 1.807) is 0 Å². The first-order valence-corrected chi connectivity index (χ1v) is 18.4. The van der Waals surface area contributed by atoms with Crippen LogP contribution in [0.25, 0.3) is 0 Å². The minimum Gasteiger partial charge on any atom is -0.394 e. The van der Waals surface area contributed by atoms with E-state index in [0.29, 0.717) is 19.3 Å². The van der Waals surface area contributed by atoms with Crippen LogP contribution in [0.1, 0.15) is 123 Å². The molecule has 1 fully saturated rings. The Morgan fingerprint density at radius 3 is 1.81 bits per heavy atom. The number of aliphatic hydroxyl groups is 7. The van der Waals surface area contributed by atoms with Crippen molar-refractivity contribution in [2.75, 3.05) is 13.2 Å². The summed E-state index contributed by atoms with van der Waals surface area (Å²) in [7, 11) is 0. The first kappa shape index (κ1) is 44.4. The van der Waals surface area contributed by atoms with Gasteiger partial charge in [0, 0.05) is 0 Å². The van der Waals surface area contributed by atoms with Gasteiger partial charge in [0.15, 0.2) is 6.29 Å². The van der Waals surface area contributed by atoms with Crippen LogP contribution < -0.4 is 5.32 Å². The Morgan fingerprint density at radius 1 is 0.708 bits per heavy atom. The lowest BCUT2D eigenvalue weighted by molar-refractivity contribution is -0.303. The van der Waals surface area contributed by atoms with Gasteiger partial charge < -0.3 is 50.5 Å². The third kappa shape index (κ3) is 18.9. The quantitative estimate of drug-likeness (QED) is 0.0445. The van der Waals surface area contributed by atoms with E-state index in [0.717, 1.165) is 32.1 Å². The highest BCUT2D eigenvalue weighted by Gasteiger charge is 2.44. The molecule has 0 bridgehead atoms. The number of hydrogen-bond donors (Lipinski definition) is 8. The van der Waals surface area contributed by atoms with Gasteiger partial charge in [0.25, 0.3) is 0 Å². The largest absolute Gasteiger partial charge is 0.394 e. The van der Waals surface area contributed by atoms with Gasteiger partial charge in [0.1, 0.15) is 36.6 Å². The molecule has 0 aromatic carbocycles. The van der Waals surface area contributed by atoms with E-state index in [1.165, 1.54) is 44.9 Å². The second-order valence-corrected chi connectivity index (χ2v) is 12.9. The van der Waals surface area contributed by atoms with Crippen LogP contribution in [0, 0.1) is 0 Å². The Bertz CT molecular complexity index is 882. The van der Waals surface area contributed by atoms with Gasteiger partial charge in [0.05, 0.1) is 25.4 Å². The third-order valence-electron chi connectivity index (χ3n) is 8.65. The lowest BCUT2D eigenvalue weighted by Crippen LogP contribution is -2.60. The lowest BCUT2D eigenvalue weighted by atomic mass is 9.99. The van der Waals surface area contributed by atoms with Crippen LogP contribution in [-0.4, -0.2) is 110 Å². The SMILES string of the molecule is CCCCCC/C=C\CCC(O)C(=O)NC(COC1OC(CO)C(O)C(O)C1O)C(O)C(O)CCC/C=C/CC/C=C/CCCCCC. The highest BCUT2D eigenvalue weighted by molar-refractivity contribution is 5.80. The molecule has 11 nitrogen and oxygen atoms in total. The molecule has 0 aromatic heterocycles. The van der Waals surface area contributed by atoms with Gasteiger partial charge in [-0.2, -0.15) is 0 Å². The zero-order chi connectivity index (χ0) is 35.6. The second kappa shape index (κ2) is 28.1. The molecule has 1 saturated heterocycles. The van der Waals surface area contributed by atoms with Crippen molar-refractivity contribution in [3.05, 3.63) is 36.5 Å². The highest BCUT2D eigenvalue weighted by Crippen LogP contribution is 2.23. The predicted octanol–water partition coefficient (Wildman–Crippen LogP) is 3.71. The van der Waals surface area contributed by atoms with E-state index in [2.05, 4.69) is 37.4 Å². The van der Waals surface area contributed by atoms with Crippen molar-refractivity contribution in [3.8, 4) is 0 Å². The molecule has 1 aliphatic rings. The maximum atomic E-state index is 12.9. The zero-order valence-electron chi connectivity index (χ0n) is 29.5. The predicted molar refractivity (Wildman–Crippen MR) is 187 cm³/mol. The molecule has 11 heteroatoms. The van der Waals surface area contributed by atoms with Crippen molar-refractivity contribution in [1.29, 1.82) is 0 Å². The number of nitrogens with one attached hydrogen (secondary N) is 1. The topological polar surface area (TPSA) is 189 Å². The number of ether oxygens (including phenoxy) is 2. The van der Waals surface area contributed by atoms with Crippen molar-refractivity contribution in [2.24, 2.45) is 0 Å². The molecule has 0 spiro atoms. The van der Waals surface area contributed by atoms with Crippen LogP contribution in [0.3, 0.4) is 0 Å². The van der Waals surface area contributed by atoms with E-state index in [1.807, 2.05) is 18.2 Å². The number of unbranched alkanes of at least 4 members (excludes halogenated alkanes) is 10. The fourth-order valence-electron chi connectivity index (χ4n) is 5.45. The van der Waals surface area contributed by atoms with Gasteiger partial charge in [-0.3, -0.25) is 4.79 Å². The van der Waals surface area contributed by atoms with Crippen LogP contribution in [0.15, 0.2) is 36.5 Å². The Balaban J connectivity index is 2.66. The van der Waals surface area contributed by atoms with E-state index >= 15 is 0 Å². The summed E-state index contributed by atoms with van der Waals surface area (Å²) < 4.78 is 11.0. The molecule has 280 valence electrons. The fourth-order valence-corrected chi connectivity index (χ4v) is 5.45. The number of allylic oxidation sites excluding steroid dienone is 6. The highest BCUT2D eigenvalue weighted by atomic mass is 16.7. The second-order valence-electron chi connectivity index (χ2n) is 12.9. The van der Waals surface area contributed by atoms with Crippen molar-refractivity contribution >= 4 is 5.91 Å². The summed E-state index contributed by atoms with van der Waals surface area (Å²) in [6.07, 6.45) is 16.7. The minimum atomic E-state index is -1.67. The van der Waals surface area contributed by atoms with Crippen molar-refractivity contribution in [3.63, 3.8) is 0 Å². The summed E-state index contributed by atoms with van der Waals surface area (Å²) in [6, 6.07) is -1.20. The Morgan fingerprint density at radius 2 is 1.25 bits per heavy atom. The Hall–Kier alpha value is -1.67. The molecule has 9 unspecified atom stereocenters. The summed E-state index contributed by atoms with van der Waals surface area (Å²) in [4.78, 5) is 12.9. The molecule has 1 aliphatic heterocycles. The van der Waals surface area contributed by atoms with Crippen molar-refractivity contribution in [2.45, 2.75) is 178 Å². The summed E-state index contributed by atoms with van der Waals surface area (Å²) in [5.74, 6) is -0.752. The molecule has 0 radical (unpaired) electrons. The van der Waals surface area contributed by atoms with Crippen molar-refractivity contribution < 1.29 is 50.0 Å². The van der Waals surface area contributed by atoms with Gasteiger partial charge in [-0.15, -0.1) is 0 Å². The number of hydrogen-bond acceptors (Lipinski definition) is 10. The molecular formula is C37H67NO10. The molecule has 48 heavy (non-hydrogen) atoms. The summed E-state index contributed by atoms with van der Waals surface area (Å²) in [5.41, 5.74) is 0. The van der Waals surface area contributed by atoms with Crippen LogP contribution in [0.2, 0.25) is 0 Å². The smallest absolute Gasteiger partial charge is 0.249 e. The van der Waals surface area contributed by atoms with Gasteiger partial charge in [-0.05, 0) is 70.6 Å². The van der Waals surface area contributed by atoms with Crippen LogP contribution in [0.4, 0.5) is 0 Å². The van der Waals surface area contributed by atoms with Gasteiger partial charge >= 0.3 is 0 Å². The first-order chi connectivity index (χ1) is 23.2. The molecular weight excluding hydrogens is 618 g/mol. The average Bonchev–Trinajstić information content (AvgIpc) is 3.08. The van der Waals surface area contributed by atoms with Crippen molar-refractivity contribution in [1.82, 2.24) is 5.32 Å². The molecule has 1 rings (SSSR count). The number of carbonyl (C=O) groups is 1. The Kier molecular flexibility index (Phi) is 25.9. The van der Waals surface area contributed by atoms with Crippen LogP contribution in [0.5, 0.6) is 0 Å². The summed E-state index contributed by atoms with van der Waals surface area (Å²) >= 11 is 0.